The second-order valence-corrected chi connectivity index (χ2v) is 2.30. The van der Waals surface area contributed by atoms with E-state index in [-0.39, 0.29) is 12.5 Å². The van der Waals surface area contributed by atoms with E-state index in [1.54, 1.807) is 0 Å². The van der Waals surface area contributed by atoms with Crippen molar-refractivity contribution < 1.29 is 4.79 Å². The van der Waals surface area contributed by atoms with Crippen molar-refractivity contribution in [2.75, 3.05) is 26.2 Å². The molecule has 4 heteroatoms. The number of carbonyl (C=O) groups excluding carboxylic acids is 1. The van der Waals surface area contributed by atoms with Gasteiger partial charge in [0.25, 0.3) is 0 Å². The second-order valence-electron chi connectivity index (χ2n) is 2.30. The highest BCUT2D eigenvalue weighted by Gasteiger charge is 1.96. The molecule has 0 fully saturated rings. The monoisotopic (exact) mass is 169 g/mol. The summed E-state index contributed by atoms with van der Waals surface area (Å²) >= 11 is 0. The van der Waals surface area contributed by atoms with E-state index < -0.39 is 0 Å². The predicted octanol–water partition coefficient (Wildman–Crippen LogP) is -1.33. The van der Waals surface area contributed by atoms with E-state index in [4.69, 9.17) is 12.2 Å². The fourth-order valence-corrected chi connectivity index (χ4v) is 0.641. The molecule has 0 aromatic rings. The van der Waals surface area contributed by atoms with E-state index in [2.05, 4.69) is 16.6 Å². The van der Waals surface area contributed by atoms with E-state index in [0.717, 1.165) is 13.0 Å². The Morgan fingerprint density at radius 3 is 2.92 bits per heavy atom. The maximum absolute atomic E-state index is 10.9. The number of nitrogens with two attached hydrogens (primary N) is 1. The lowest BCUT2D eigenvalue weighted by Crippen LogP contribution is -2.34. The average molecular weight is 169 g/mol. The molecule has 12 heavy (non-hydrogen) atoms. The van der Waals surface area contributed by atoms with Gasteiger partial charge in [-0.2, -0.15) is 0 Å². The number of amides is 1. The molecule has 0 atom stereocenters. The maximum Gasteiger partial charge on any atom is 0.234 e. The van der Waals surface area contributed by atoms with Crippen LogP contribution in [-0.4, -0.2) is 32.1 Å². The number of hydrogen-bond acceptors (Lipinski definition) is 3. The Balaban J connectivity index is 3.15. The van der Waals surface area contributed by atoms with Crippen molar-refractivity contribution in [1.29, 1.82) is 0 Å². The van der Waals surface area contributed by atoms with Crippen molar-refractivity contribution in [3.63, 3.8) is 0 Å². The van der Waals surface area contributed by atoms with E-state index in [1.165, 1.54) is 0 Å². The zero-order chi connectivity index (χ0) is 9.23. The van der Waals surface area contributed by atoms with Gasteiger partial charge in [0.1, 0.15) is 0 Å². The molecule has 1 amide bonds. The molecule has 0 aliphatic heterocycles. The van der Waals surface area contributed by atoms with Gasteiger partial charge in [0.15, 0.2) is 0 Å². The first-order valence-electron chi connectivity index (χ1n) is 3.92. The molecule has 4 nitrogen and oxygen atoms in total. The summed E-state index contributed by atoms with van der Waals surface area (Å²) in [5.41, 5.74) is 5.26. The highest BCUT2D eigenvalue weighted by molar-refractivity contribution is 5.78. The molecule has 68 valence electrons. The van der Waals surface area contributed by atoms with Crippen LogP contribution in [-0.2, 0) is 4.79 Å². The molecule has 0 aliphatic carbocycles. The lowest BCUT2D eigenvalue weighted by Gasteiger charge is -2.02. The third-order valence-electron chi connectivity index (χ3n) is 1.23. The van der Waals surface area contributed by atoms with Crippen LogP contribution in [0.3, 0.4) is 0 Å². The van der Waals surface area contributed by atoms with E-state index in [0.29, 0.717) is 13.1 Å². The van der Waals surface area contributed by atoms with Gasteiger partial charge in [0.2, 0.25) is 5.91 Å². The zero-order valence-electron chi connectivity index (χ0n) is 7.10. The summed E-state index contributed by atoms with van der Waals surface area (Å²) in [7, 11) is 0. The topological polar surface area (TPSA) is 67.2 Å². The summed E-state index contributed by atoms with van der Waals surface area (Å²) in [4.78, 5) is 10.9. The van der Waals surface area contributed by atoms with Crippen molar-refractivity contribution in [2.24, 2.45) is 5.73 Å². The summed E-state index contributed by atoms with van der Waals surface area (Å²) in [6.07, 6.45) is 5.83. The maximum atomic E-state index is 10.9. The van der Waals surface area contributed by atoms with Gasteiger partial charge in [-0.15, -0.1) is 6.42 Å². The van der Waals surface area contributed by atoms with Crippen LogP contribution in [0, 0.1) is 12.3 Å². The molecule has 0 aliphatic rings. The molecule has 0 aromatic carbocycles. The van der Waals surface area contributed by atoms with Crippen molar-refractivity contribution in [2.45, 2.75) is 6.42 Å². The fraction of sp³-hybridized carbons (Fsp3) is 0.625. The molecule has 0 unspecified atom stereocenters. The van der Waals surface area contributed by atoms with Crippen LogP contribution in [0.15, 0.2) is 0 Å². The lowest BCUT2D eigenvalue weighted by molar-refractivity contribution is -0.119. The van der Waals surface area contributed by atoms with Gasteiger partial charge in [0, 0.05) is 0 Å². The molecule has 0 saturated heterocycles. The molecule has 0 bridgehead atoms. The van der Waals surface area contributed by atoms with Crippen LogP contribution >= 0.6 is 0 Å². The smallest absolute Gasteiger partial charge is 0.234 e. The van der Waals surface area contributed by atoms with Crippen LogP contribution in [0.4, 0.5) is 0 Å². The Hall–Kier alpha value is -1.05. The van der Waals surface area contributed by atoms with E-state index in [1.807, 2.05) is 0 Å². The Morgan fingerprint density at radius 1 is 1.58 bits per heavy atom. The Morgan fingerprint density at radius 2 is 2.33 bits per heavy atom. The minimum atomic E-state index is -0.0787. The van der Waals surface area contributed by atoms with Crippen LogP contribution in [0.2, 0.25) is 0 Å². The van der Waals surface area contributed by atoms with Gasteiger partial charge in [-0.3, -0.25) is 4.79 Å². The molecule has 4 N–H and O–H groups in total. The SMILES string of the molecule is C#CCNC(=O)CNCCCN. The summed E-state index contributed by atoms with van der Waals surface area (Å²) in [6, 6.07) is 0. The first-order chi connectivity index (χ1) is 5.81. The Kier molecular flexibility index (Phi) is 7.35. The first-order valence-corrected chi connectivity index (χ1v) is 3.92. The van der Waals surface area contributed by atoms with E-state index >= 15 is 0 Å². The van der Waals surface area contributed by atoms with Crippen LogP contribution in [0.1, 0.15) is 6.42 Å². The minimum Gasteiger partial charge on any atom is -0.344 e. The van der Waals surface area contributed by atoms with Crippen LogP contribution < -0.4 is 16.4 Å². The largest absolute Gasteiger partial charge is 0.344 e. The number of terminal acetylenes is 1. The average Bonchev–Trinajstić information content (AvgIpc) is 2.09. The van der Waals surface area contributed by atoms with Crippen molar-refractivity contribution in [3.05, 3.63) is 0 Å². The number of carbonyl (C=O) groups is 1. The minimum absolute atomic E-state index is 0.0787. The highest BCUT2D eigenvalue weighted by Crippen LogP contribution is 1.69. The van der Waals surface area contributed by atoms with Gasteiger partial charge in [-0.25, -0.2) is 0 Å². The van der Waals surface area contributed by atoms with Gasteiger partial charge in [-0.1, -0.05) is 5.92 Å². The van der Waals surface area contributed by atoms with Crippen LogP contribution in [0.25, 0.3) is 0 Å². The molecular formula is C8H15N3O. The number of nitrogens with one attached hydrogen (secondary N) is 2. The fourth-order valence-electron chi connectivity index (χ4n) is 0.641. The van der Waals surface area contributed by atoms with Crippen molar-refractivity contribution in [1.82, 2.24) is 10.6 Å². The van der Waals surface area contributed by atoms with Gasteiger partial charge in [-0.05, 0) is 19.5 Å². The highest BCUT2D eigenvalue weighted by atomic mass is 16.1. The van der Waals surface area contributed by atoms with Crippen LogP contribution in [0.5, 0.6) is 0 Å². The quantitative estimate of drug-likeness (QED) is 0.341. The van der Waals surface area contributed by atoms with Crippen molar-refractivity contribution >= 4 is 5.91 Å². The van der Waals surface area contributed by atoms with Gasteiger partial charge >= 0.3 is 0 Å². The lowest BCUT2D eigenvalue weighted by atomic mass is 10.4. The van der Waals surface area contributed by atoms with Gasteiger partial charge < -0.3 is 16.4 Å². The number of rotatable bonds is 6. The molecule has 0 radical (unpaired) electrons. The zero-order valence-corrected chi connectivity index (χ0v) is 7.10. The molecule has 0 aromatic heterocycles. The Bertz CT molecular complexity index is 162. The van der Waals surface area contributed by atoms with E-state index in [9.17, 15) is 4.79 Å². The predicted molar refractivity (Wildman–Crippen MR) is 48.4 cm³/mol. The second kappa shape index (κ2) is 8.05. The molecule has 0 spiro atoms. The number of hydrogen-bond donors (Lipinski definition) is 3. The first kappa shape index (κ1) is 11.0. The summed E-state index contributed by atoms with van der Waals surface area (Å²) in [5, 5.41) is 5.47. The summed E-state index contributed by atoms with van der Waals surface area (Å²) < 4.78 is 0. The third-order valence-corrected chi connectivity index (χ3v) is 1.23. The molecule has 0 saturated carbocycles. The normalized spacial score (nSPS) is 9.00. The Labute approximate surface area is 72.9 Å². The molecule has 0 rings (SSSR count). The van der Waals surface area contributed by atoms with Crippen molar-refractivity contribution in [3.8, 4) is 12.3 Å². The standard InChI is InChI=1S/C8H15N3O/c1-2-5-11-8(12)7-10-6-3-4-9/h1,10H,3-7,9H2,(H,11,12). The summed E-state index contributed by atoms with van der Waals surface area (Å²) in [6.45, 7) is 2.00. The molecular weight excluding hydrogens is 154 g/mol. The molecule has 0 heterocycles. The summed E-state index contributed by atoms with van der Waals surface area (Å²) in [5.74, 6) is 2.24. The van der Waals surface area contributed by atoms with Gasteiger partial charge in [0.05, 0.1) is 13.1 Å². The third kappa shape index (κ3) is 7.06.